The summed E-state index contributed by atoms with van der Waals surface area (Å²) in [6.07, 6.45) is 0. The van der Waals surface area contributed by atoms with Gasteiger partial charge in [0.2, 0.25) is 0 Å². The quantitative estimate of drug-likeness (QED) is 0.368. The summed E-state index contributed by atoms with van der Waals surface area (Å²) in [7, 11) is 0. The Kier molecular flexibility index (Phi) is 4.01. The van der Waals surface area contributed by atoms with Gasteiger partial charge >= 0.3 is 6.92 Å². The van der Waals surface area contributed by atoms with Gasteiger partial charge in [-0.15, -0.1) is 0 Å². The van der Waals surface area contributed by atoms with Crippen molar-refractivity contribution in [2.24, 2.45) is 5.92 Å². The summed E-state index contributed by atoms with van der Waals surface area (Å²) in [4.78, 5) is 22.0. The van der Waals surface area contributed by atoms with Gasteiger partial charge in [-0.1, -0.05) is 26.7 Å². The van der Waals surface area contributed by atoms with E-state index in [9.17, 15) is 19.9 Å². The van der Waals surface area contributed by atoms with E-state index in [1.54, 1.807) is 13.8 Å². The summed E-state index contributed by atoms with van der Waals surface area (Å²) in [6, 6.07) is 4.02. The first-order valence-electron chi connectivity index (χ1n) is 5.34. The van der Waals surface area contributed by atoms with E-state index in [4.69, 9.17) is 0 Å². The summed E-state index contributed by atoms with van der Waals surface area (Å²) in [5.74, 6) is -0.408. The largest absolute Gasteiger partial charge is 0.446 e. The van der Waals surface area contributed by atoms with E-state index < -0.39 is 11.8 Å². The molecular weight excluding hydrogens is 221 g/mol. The maximum absolute atomic E-state index is 11.8. The third-order valence-electron chi connectivity index (χ3n) is 2.44. The van der Waals surface area contributed by atoms with Gasteiger partial charge in [0.25, 0.3) is 5.69 Å². The fraction of sp³-hybridized carbons (Fsp3) is 0.364. The highest BCUT2D eigenvalue weighted by Gasteiger charge is 2.19. The predicted molar refractivity (Wildman–Crippen MR) is 65.7 cm³/mol. The molecule has 0 bridgehead atoms. The number of carbonyl (C=O) groups is 1. The maximum Gasteiger partial charge on any atom is 0.320 e. The second-order valence-electron chi connectivity index (χ2n) is 4.27. The Morgan fingerprint density at radius 3 is 2.41 bits per heavy atom. The van der Waals surface area contributed by atoms with Crippen LogP contribution in [-0.2, 0) is 0 Å². The average Bonchev–Trinajstić information content (AvgIpc) is 2.27. The van der Waals surface area contributed by atoms with E-state index >= 15 is 0 Å². The van der Waals surface area contributed by atoms with Crippen LogP contribution in [0.3, 0.4) is 0 Å². The molecule has 0 aliphatic carbocycles. The van der Waals surface area contributed by atoms with Crippen molar-refractivity contribution in [3.63, 3.8) is 0 Å². The highest BCUT2D eigenvalue weighted by Crippen LogP contribution is 2.15. The second-order valence-corrected chi connectivity index (χ2v) is 4.27. The van der Waals surface area contributed by atoms with Crippen LogP contribution in [0.5, 0.6) is 0 Å². The molecule has 90 valence electrons. The molecule has 1 aromatic carbocycles. The summed E-state index contributed by atoms with van der Waals surface area (Å²) in [5.41, 5.74) is 0.473. The number of nitrogens with zero attached hydrogens (tertiary/aromatic N) is 1. The lowest BCUT2D eigenvalue weighted by Gasteiger charge is -2.07. The van der Waals surface area contributed by atoms with Crippen molar-refractivity contribution in [3.05, 3.63) is 33.9 Å². The van der Waals surface area contributed by atoms with Crippen LogP contribution in [0.15, 0.2) is 18.2 Å². The first-order valence-corrected chi connectivity index (χ1v) is 5.34. The fourth-order valence-corrected chi connectivity index (χ4v) is 1.46. The zero-order chi connectivity index (χ0) is 13.2. The number of nitro groups is 1. The van der Waals surface area contributed by atoms with Crippen molar-refractivity contribution >= 4 is 23.8 Å². The van der Waals surface area contributed by atoms with E-state index in [1.165, 1.54) is 25.0 Å². The number of benzene rings is 1. The molecule has 0 radical (unpaired) electrons. The van der Waals surface area contributed by atoms with E-state index in [-0.39, 0.29) is 23.0 Å². The smallest absolute Gasteiger partial charge is 0.320 e. The van der Waals surface area contributed by atoms with Crippen LogP contribution >= 0.6 is 0 Å². The van der Waals surface area contributed by atoms with Crippen LogP contribution in [0.4, 0.5) is 5.69 Å². The van der Waals surface area contributed by atoms with Crippen LogP contribution in [0.2, 0.25) is 6.82 Å². The maximum atomic E-state index is 11.8. The molecule has 0 aliphatic heterocycles. The van der Waals surface area contributed by atoms with Crippen LogP contribution in [-0.4, -0.2) is 22.6 Å². The van der Waals surface area contributed by atoms with Gasteiger partial charge in [0.05, 0.1) is 4.92 Å². The minimum Gasteiger partial charge on any atom is -0.446 e. The summed E-state index contributed by atoms with van der Waals surface area (Å²) < 4.78 is 0. The van der Waals surface area contributed by atoms with E-state index in [2.05, 4.69) is 0 Å². The molecule has 5 nitrogen and oxygen atoms in total. The lowest BCUT2D eigenvalue weighted by molar-refractivity contribution is -0.384. The zero-order valence-corrected chi connectivity index (χ0v) is 10.0. The number of ketones is 1. The van der Waals surface area contributed by atoms with Crippen molar-refractivity contribution < 1.29 is 14.7 Å². The van der Waals surface area contributed by atoms with Gasteiger partial charge in [-0.25, -0.2) is 0 Å². The third kappa shape index (κ3) is 3.14. The summed E-state index contributed by atoms with van der Waals surface area (Å²) >= 11 is 0. The van der Waals surface area contributed by atoms with Crippen LogP contribution in [0.1, 0.15) is 24.2 Å². The molecule has 0 saturated heterocycles. The van der Waals surface area contributed by atoms with Crippen molar-refractivity contribution in [1.29, 1.82) is 0 Å². The monoisotopic (exact) mass is 235 g/mol. The fourth-order valence-electron chi connectivity index (χ4n) is 1.46. The number of hydrogen-bond donors (Lipinski definition) is 1. The van der Waals surface area contributed by atoms with Gasteiger partial charge in [-0.2, -0.15) is 0 Å². The number of non-ortho nitro benzene ring substituents is 1. The first-order chi connectivity index (χ1) is 7.82. The Balaban J connectivity index is 3.31. The standard InChI is InChI=1S/C11H14BNO4/c1-7(2)11(14)8-4-9(12(3)15)6-10(5-8)13(16)17/h4-7,15H,1-3H3. The molecule has 0 spiro atoms. The average molecular weight is 235 g/mol. The van der Waals surface area contributed by atoms with Gasteiger partial charge in [0, 0.05) is 23.6 Å². The van der Waals surface area contributed by atoms with E-state index in [0.717, 1.165) is 0 Å². The lowest BCUT2D eigenvalue weighted by atomic mass is 9.64. The normalized spacial score (nSPS) is 10.4. The Hall–Kier alpha value is -1.69. The minimum absolute atomic E-state index is 0.171. The molecule has 0 saturated carbocycles. The molecule has 1 N–H and O–H groups in total. The highest BCUT2D eigenvalue weighted by molar-refractivity contribution is 6.65. The van der Waals surface area contributed by atoms with Gasteiger partial charge in [-0.05, 0) is 5.46 Å². The number of Topliss-reactive ketones (excluding diaryl/α,β-unsaturated/α-hetero) is 1. The highest BCUT2D eigenvalue weighted by atomic mass is 16.6. The van der Waals surface area contributed by atoms with Crippen molar-refractivity contribution in [1.82, 2.24) is 0 Å². The second kappa shape index (κ2) is 5.10. The van der Waals surface area contributed by atoms with Crippen molar-refractivity contribution in [2.45, 2.75) is 20.7 Å². The molecule has 0 fully saturated rings. The Bertz CT molecular complexity index is 457. The summed E-state index contributed by atoms with van der Waals surface area (Å²) in [6.45, 7) is 4.11. The summed E-state index contributed by atoms with van der Waals surface area (Å²) in [5, 5.41) is 20.2. The molecular formula is C11H14BNO4. The number of hydrogen-bond acceptors (Lipinski definition) is 4. The van der Waals surface area contributed by atoms with E-state index in [0.29, 0.717) is 5.46 Å². The van der Waals surface area contributed by atoms with Crippen LogP contribution in [0, 0.1) is 16.0 Å². The Labute approximate surface area is 99.7 Å². The van der Waals surface area contributed by atoms with Gasteiger partial charge in [0.15, 0.2) is 5.78 Å². The number of nitro benzene ring substituents is 1. The third-order valence-corrected chi connectivity index (χ3v) is 2.44. The molecule has 0 aliphatic rings. The Morgan fingerprint density at radius 1 is 1.41 bits per heavy atom. The van der Waals surface area contributed by atoms with Gasteiger partial charge in [-0.3, -0.25) is 14.9 Å². The van der Waals surface area contributed by atoms with Crippen molar-refractivity contribution in [2.75, 3.05) is 0 Å². The SMILES string of the molecule is CB(O)c1cc(C(=O)C(C)C)cc([N+](=O)[O-])c1. The molecule has 1 aromatic rings. The molecule has 0 heterocycles. The Morgan fingerprint density at radius 2 is 2.00 bits per heavy atom. The minimum atomic E-state index is -0.839. The molecule has 6 heteroatoms. The topological polar surface area (TPSA) is 80.4 Å². The molecule has 0 amide bonds. The molecule has 0 unspecified atom stereocenters. The van der Waals surface area contributed by atoms with Gasteiger partial charge < -0.3 is 5.02 Å². The number of carbonyl (C=O) groups excluding carboxylic acids is 1. The van der Waals surface area contributed by atoms with E-state index in [1.807, 2.05) is 0 Å². The number of rotatable bonds is 4. The molecule has 0 atom stereocenters. The van der Waals surface area contributed by atoms with Gasteiger partial charge in [0.1, 0.15) is 0 Å². The molecule has 17 heavy (non-hydrogen) atoms. The predicted octanol–water partition coefficient (Wildman–Crippen LogP) is 1.25. The van der Waals surface area contributed by atoms with Crippen LogP contribution < -0.4 is 5.46 Å². The molecule has 0 aromatic heterocycles. The van der Waals surface area contributed by atoms with Crippen LogP contribution in [0.25, 0.3) is 0 Å². The molecule has 1 rings (SSSR count). The zero-order valence-electron chi connectivity index (χ0n) is 10.0. The lowest BCUT2D eigenvalue weighted by Crippen LogP contribution is -2.27. The van der Waals surface area contributed by atoms with Crippen molar-refractivity contribution in [3.8, 4) is 0 Å². The first kappa shape index (κ1) is 13.4.